The smallest absolute Gasteiger partial charge is 0.223 e. The summed E-state index contributed by atoms with van der Waals surface area (Å²) in [6.45, 7) is 3.44. The summed E-state index contributed by atoms with van der Waals surface area (Å²) >= 11 is 1.14. The van der Waals surface area contributed by atoms with E-state index in [2.05, 4.69) is 9.97 Å². The number of Topliss-reactive ketones (excluding diaryl/α,β-unsaturated/α-hetero) is 1. The van der Waals surface area contributed by atoms with Gasteiger partial charge >= 0.3 is 0 Å². The average Bonchev–Trinajstić information content (AvgIpc) is 2.68. The van der Waals surface area contributed by atoms with Crippen LogP contribution in [0.1, 0.15) is 35.5 Å². The summed E-state index contributed by atoms with van der Waals surface area (Å²) in [5.74, 6) is -0.289. The summed E-state index contributed by atoms with van der Waals surface area (Å²) < 4.78 is 33.4. The highest BCUT2D eigenvalue weighted by Gasteiger charge is 2.12. The number of nitrogens with zero attached hydrogens (tertiary/aromatic N) is 2. The number of aromatic nitrogens is 2. The van der Waals surface area contributed by atoms with Crippen LogP contribution in [0.4, 0.5) is 8.78 Å². The van der Waals surface area contributed by atoms with Crippen molar-refractivity contribution in [3.05, 3.63) is 77.0 Å². The fourth-order valence-electron chi connectivity index (χ4n) is 2.43. The van der Waals surface area contributed by atoms with E-state index in [0.29, 0.717) is 28.8 Å². The molecule has 1 heterocycles. The number of hydrogen-bond acceptors (Lipinski definition) is 5. The molecule has 0 bridgehead atoms. The predicted octanol–water partition coefficient (Wildman–Crippen LogP) is 5.60. The minimum Gasteiger partial charge on any atom is -0.439 e. The number of ketones is 1. The summed E-state index contributed by atoms with van der Waals surface area (Å²) in [6.07, 6.45) is 0.657. The Hall–Kier alpha value is -2.80. The van der Waals surface area contributed by atoms with Crippen molar-refractivity contribution in [1.29, 1.82) is 0 Å². The van der Waals surface area contributed by atoms with Crippen LogP contribution >= 0.6 is 11.8 Å². The van der Waals surface area contributed by atoms with Gasteiger partial charge in [-0.3, -0.25) is 4.79 Å². The summed E-state index contributed by atoms with van der Waals surface area (Å²) in [5.41, 5.74) is 1.33. The molecule has 4 nitrogen and oxygen atoms in total. The molecule has 0 fully saturated rings. The quantitative estimate of drug-likeness (QED) is 0.293. The molecule has 0 spiro atoms. The Balaban J connectivity index is 1.78. The fraction of sp³-hybridized carbons (Fsp3) is 0.190. The number of thioether (sulfide) groups is 1. The minimum absolute atomic E-state index is 0.0136. The van der Waals surface area contributed by atoms with Gasteiger partial charge in [0.05, 0.1) is 0 Å². The molecule has 2 aromatic carbocycles. The van der Waals surface area contributed by atoms with Gasteiger partial charge in [-0.15, -0.1) is 0 Å². The van der Waals surface area contributed by atoms with Crippen molar-refractivity contribution in [3.63, 3.8) is 0 Å². The Kier molecular flexibility index (Phi) is 6.36. The third kappa shape index (κ3) is 4.92. The highest BCUT2D eigenvalue weighted by molar-refractivity contribution is 7.98. The lowest BCUT2D eigenvalue weighted by Gasteiger charge is -2.09. The van der Waals surface area contributed by atoms with Crippen LogP contribution in [0.5, 0.6) is 11.6 Å². The van der Waals surface area contributed by atoms with Gasteiger partial charge in [-0.1, -0.05) is 24.8 Å². The topological polar surface area (TPSA) is 52.1 Å². The molecule has 144 valence electrons. The summed E-state index contributed by atoms with van der Waals surface area (Å²) in [4.78, 5) is 20.1. The van der Waals surface area contributed by atoms with Crippen LogP contribution in [0.2, 0.25) is 0 Å². The maximum absolute atomic E-state index is 13.8. The molecule has 0 amide bonds. The van der Waals surface area contributed by atoms with Crippen molar-refractivity contribution in [2.75, 3.05) is 0 Å². The van der Waals surface area contributed by atoms with Crippen LogP contribution < -0.4 is 4.74 Å². The minimum atomic E-state index is -0.596. The van der Waals surface area contributed by atoms with Gasteiger partial charge in [0.2, 0.25) is 5.88 Å². The molecule has 0 aliphatic heterocycles. The first kappa shape index (κ1) is 19.9. The lowest BCUT2D eigenvalue weighted by molar-refractivity contribution is 0.101. The van der Waals surface area contributed by atoms with Gasteiger partial charge in [0.1, 0.15) is 17.4 Å². The Morgan fingerprint density at radius 2 is 1.75 bits per heavy atom. The number of rotatable bonds is 7. The van der Waals surface area contributed by atoms with Crippen molar-refractivity contribution in [2.24, 2.45) is 0 Å². The molecule has 0 N–H and O–H groups in total. The Morgan fingerprint density at radius 3 is 2.36 bits per heavy atom. The summed E-state index contributed by atoms with van der Waals surface area (Å²) in [6, 6.07) is 12.2. The predicted molar refractivity (Wildman–Crippen MR) is 104 cm³/mol. The molecule has 0 unspecified atom stereocenters. The maximum atomic E-state index is 13.8. The molecule has 0 aliphatic rings. The second kappa shape index (κ2) is 8.93. The molecular formula is C21H18F2N2O2S. The van der Waals surface area contributed by atoms with Crippen LogP contribution in [-0.2, 0) is 12.2 Å². The van der Waals surface area contributed by atoms with E-state index in [1.54, 1.807) is 30.3 Å². The van der Waals surface area contributed by atoms with Crippen LogP contribution in [-0.4, -0.2) is 15.8 Å². The van der Waals surface area contributed by atoms with E-state index in [-0.39, 0.29) is 17.1 Å². The number of ether oxygens (including phenoxy) is 1. The van der Waals surface area contributed by atoms with Crippen molar-refractivity contribution in [2.45, 2.75) is 31.2 Å². The first-order valence-electron chi connectivity index (χ1n) is 8.68. The molecule has 3 rings (SSSR count). The van der Waals surface area contributed by atoms with E-state index in [9.17, 15) is 13.6 Å². The first-order valence-corrected chi connectivity index (χ1v) is 9.67. The summed E-state index contributed by atoms with van der Waals surface area (Å²) in [5, 5.41) is 0.373. The SMILES string of the molecule is CCc1cc(Oc2ccc(C(C)=O)cc2)nc(SCc2c(F)cccc2F)n1. The Labute approximate surface area is 166 Å². The highest BCUT2D eigenvalue weighted by Crippen LogP contribution is 2.27. The third-order valence-electron chi connectivity index (χ3n) is 3.99. The van der Waals surface area contributed by atoms with E-state index in [1.165, 1.54) is 25.1 Å². The van der Waals surface area contributed by atoms with Gasteiger partial charge in [0.15, 0.2) is 10.9 Å². The van der Waals surface area contributed by atoms with E-state index >= 15 is 0 Å². The molecule has 0 atom stereocenters. The third-order valence-corrected chi connectivity index (χ3v) is 4.86. The first-order chi connectivity index (χ1) is 13.5. The van der Waals surface area contributed by atoms with E-state index in [0.717, 1.165) is 17.5 Å². The fourth-order valence-corrected chi connectivity index (χ4v) is 3.32. The zero-order valence-corrected chi connectivity index (χ0v) is 16.2. The van der Waals surface area contributed by atoms with Gasteiger partial charge in [0.25, 0.3) is 0 Å². The van der Waals surface area contributed by atoms with Gasteiger partial charge in [-0.25, -0.2) is 13.8 Å². The number of carbonyl (C=O) groups is 1. The van der Waals surface area contributed by atoms with Crippen molar-refractivity contribution in [1.82, 2.24) is 9.97 Å². The second-order valence-electron chi connectivity index (χ2n) is 6.01. The van der Waals surface area contributed by atoms with Crippen LogP contribution in [0, 0.1) is 11.6 Å². The number of halogens is 2. The lowest BCUT2D eigenvalue weighted by atomic mass is 10.1. The molecule has 0 aliphatic carbocycles. The van der Waals surface area contributed by atoms with Crippen molar-refractivity contribution < 1.29 is 18.3 Å². The van der Waals surface area contributed by atoms with Gasteiger partial charge in [-0.2, -0.15) is 4.98 Å². The van der Waals surface area contributed by atoms with E-state index in [4.69, 9.17) is 4.74 Å². The number of hydrogen-bond donors (Lipinski definition) is 0. The summed E-state index contributed by atoms with van der Waals surface area (Å²) in [7, 11) is 0. The van der Waals surface area contributed by atoms with Gasteiger partial charge in [-0.05, 0) is 49.7 Å². The maximum Gasteiger partial charge on any atom is 0.223 e. The van der Waals surface area contributed by atoms with Crippen LogP contribution in [0.3, 0.4) is 0 Å². The van der Waals surface area contributed by atoms with Crippen molar-refractivity contribution >= 4 is 17.5 Å². The molecule has 3 aromatic rings. The number of carbonyl (C=O) groups excluding carboxylic acids is 1. The molecular weight excluding hydrogens is 382 g/mol. The highest BCUT2D eigenvalue weighted by atomic mass is 32.2. The molecule has 28 heavy (non-hydrogen) atoms. The molecule has 1 aromatic heterocycles. The Bertz CT molecular complexity index is 974. The monoisotopic (exact) mass is 400 g/mol. The zero-order chi connectivity index (χ0) is 20.1. The molecule has 7 heteroatoms. The Morgan fingerprint density at radius 1 is 1.07 bits per heavy atom. The van der Waals surface area contributed by atoms with E-state index in [1.807, 2.05) is 6.92 Å². The number of benzene rings is 2. The molecule has 0 saturated carbocycles. The number of aryl methyl sites for hydroxylation is 1. The largest absolute Gasteiger partial charge is 0.439 e. The van der Waals surface area contributed by atoms with Crippen LogP contribution in [0.15, 0.2) is 53.7 Å². The average molecular weight is 400 g/mol. The standard InChI is InChI=1S/C21H18F2N2O2S/c1-3-15-11-20(27-16-9-7-14(8-10-16)13(2)26)25-21(24-15)28-12-17-18(22)5-4-6-19(17)23/h4-11H,3,12H2,1-2H3. The van der Waals surface area contributed by atoms with Gasteiger partial charge < -0.3 is 4.74 Å². The molecule has 0 radical (unpaired) electrons. The van der Waals surface area contributed by atoms with Crippen molar-refractivity contribution in [3.8, 4) is 11.6 Å². The zero-order valence-electron chi connectivity index (χ0n) is 15.4. The lowest BCUT2D eigenvalue weighted by Crippen LogP contribution is -1.99. The molecule has 0 saturated heterocycles. The van der Waals surface area contributed by atoms with Crippen LogP contribution in [0.25, 0.3) is 0 Å². The van der Waals surface area contributed by atoms with Gasteiger partial charge in [0, 0.05) is 28.6 Å². The van der Waals surface area contributed by atoms with E-state index < -0.39 is 11.6 Å². The normalized spacial score (nSPS) is 10.7. The second-order valence-corrected chi connectivity index (χ2v) is 6.95.